The molecule has 0 unspecified atom stereocenters. The van der Waals surface area contributed by atoms with Crippen LogP contribution in [0.5, 0.6) is 5.75 Å². The van der Waals surface area contributed by atoms with Crippen LogP contribution in [0.2, 0.25) is 0 Å². The summed E-state index contributed by atoms with van der Waals surface area (Å²) in [6.45, 7) is 2.70. The first-order valence-corrected chi connectivity index (χ1v) is 6.63. The van der Waals surface area contributed by atoms with Gasteiger partial charge in [0.15, 0.2) is 0 Å². The van der Waals surface area contributed by atoms with Crippen LogP contribution in [0.3, 0.4) is 0 Å². The van der Waals surface area contributed by atoms with Crippen LogP contribution in [0, 0.1) is 5.41 Å². The lowest BCUT2D eigenvalue weighted by Crippen LogP contribution is -2.45. The number of carbonyl (C=O) groups excluding carboxylic acids is 1. The van der Waals surface area contributed by atoms with Crippen LogP contribution in [0.25, 0.3) is 0 Å². The van der Waals surface area contributed by atoms with Gasteiger partial charge in [0.1, 0.15) is 5.75 Å². The largest absolute Gasteiger partial charge is 0.497 e. The van der Waals surface area contributed by atoms with Crippen molar-refractivity contribution in [1.29, 1.82) is 0 Å². The second kappa shape index (κ2) is 5.53. The van der Waals surface area contributed by atoms with E-state index in [2.05, 4.69) is 0 Å². The molecule has 1 aliphatic rings. The van der Waals surface area contributed by atoms with Crippen LogP contribution in [-0.4, -0.2) is 42.1 Å². The SMILES string of the molecule is COc1ccc(C(=O)N2CCC(C)(C(=O)O)CC2)cc1. The number of hydrogen-bond donors (Lipinski definition) is 1. The van der Waals surface area contributed by atoms with Crippen LogP contribution in [0.1, 0.15) is 30.1 Å². The fourth-order valence-electron chi connectivity index (χ4n) is 2.33. The van der Waals surface area contributed by atoms with Crippen molar-refractivity contribution in [2.24, 2.45) is 5.41 Å². The molecule has 1 N–H and O–H groups in total. The van der Waals surface area contributed by atoms with Gasteiger partial charge in [-0.05, 0) is 44.0 Å². The maximum absolute atomic E-state index is 12.3. The van der Waals surface area contributed by atoms with E-state index in [1.54, 1.807) is 43.2 Å². The number of benzene rings is 1. The number of carboxylic acids is 1. The van der Waals surface area contributed by atoms with Crippen molar-refractivity contribution in [3.05, 3.63) is 29.8 Å². The molecule has 20 heavy (non-hydrogen) atoms. The number of nitrogens with zero attached hydrogens (tertiary/aromatic N) is 1. The molecule has 0 radical (unpaired) electrons. The molecule has 5 nitrogen and oxygen atoms in total. The van der Waals surface area contributed by atoms with Crippen molar-refractivity contribution in [3.63, 3.8) is 0 Å². The highest BCUT2D eigenvalue weighted by Crippen LogP contribution is 2.31. The summed E-state index contributed by atoms with van der Waals surface area (Å²) in [7, 11) is 1.58. The number of ether oxygens (including phenoxy) is 1. The smallest absolute Gasteiger partial charge is 0.309 e. The van der Waals surface area contributed by atoms with Gasteiger partial charge in [-0.3, -0.25) is 9.59 Å². The van der Waals surface area contributed by atoms with Gasteiger partial charge in [-0.2, -0.15) is 0 Å². The molecular formula is C15H19NO4. The van der Waals surface area contributed by atoms with Gasteiger partial charge in [0.05, 0.1) is 12.5 Å². The molecule has 1 aromatic carbocycles. The topological polar surface area (TPSA) is 66.8 Å². The second-order valence-electron chi connectivity index (χ2n) is 5.39. The minimum Gasteiger partial charge on any atom is -0.497 e. The predicted molar refractivity (Wildman–Crippen MR) is 73.9 cm³/mol. The number of hydrogen-bond acceptors (Lipinski definition) is 3. The third-order valence-electron chi connectivity index (χ3n) is 4.01. The van der Waals surface area contributed by atoms with E-state index in [0.29, 0.717) is 37.2 Å². The standard InChI is InChI=1S/C15H19NO4/c1-15(14(18)19)7-9-16(10-8-15)13(17)11-3-5-12(20-2)6-4-11/h3-6H,7-10H2,1-2H3,(H,18,19). The molecule has 1 amide bonds. The fourth-order valence-corrected chi connectivity index (χ4v) is 2.33. The number of amides is 1. The van der Waals surface area contributed by atoms with Crippen molar-refractivity contribution in [2.75, 3.05) is 20.2 Å². The van der Waals surface area contributed by atoms with Crippen LogP contribution >= 0.6 is 0 Å². The maximum Gasteiger partial charge on any atom is 0.309 e. The summed E-state index contributed by atoms with van der Waals surface area (Å²) in [4.78, 5) is 25.2. The molecule has 1 aliphatic heterocycles. The van der Waals surface area contributed by atoms with Crippen molar-refractivity contribution in [1.82, 2.24) is 4.90 Å². The summed E-state index contributed by atoms with van der Waals surface area (Å²) in [6, 6.07) is 6.95. The first-order valence-electron chi connectivity index (χ1n) is 6.63. The Bertz CT molecular complexity index is 501. The molecule has 2 rings (SSSR count). The molecule has 0 aliphatic carbocycles. The number of likely N-dealkylation sites (tertiary alicyclic amines) is 1. The number of aliphatic carboxylic acids is 1. The number of piperidine rings is 1. The Hall–Kier alpha value is -2.04. The highest BCUT2D eigenvalue weighted by molar-refractivity contribution is 5.94. The number of methoxy groups -OCH3 is 1. The van der Waals surface area contributed by atoms with E-state index in [9.17, 15) is 14.7 Å². The predicted octanol–water partition coefficient (Wildman–Crippen LogP) is 2.02. The number of rotatable bonds is 3. The molecule has 0 spiro atoms. The van der Waals surface area contributed by atoms with Gasteiger partial charge in [-0.15, -0.1) is 0 Å². The van der Waals surface area contributed by atoms with E-state index in [0.717, 1.165) is 0 Å². The van der Waals surface area contributed by atoms with E-state index >= 15 is 0 Å². The third kappa shape index (κ3) is 2.76. The zero-order valence-electron chi connectivity index (χ0n) is 11.8. The summed E-state index contributed by atoms with van der Waals surface area (Å²) in [5, 5.41) is 9.18. The van der Waals surface area contributed by atoms with Crippen LogP contribution in [-0.2, 0) is 4.79 Å². The van der Waals surface area contributed by atoms with Gasteiger partial charge < -0.3 is 14.7 Å². The number of carbonyl (C=O) groups is 2. The van der Waals surface area contributed by atoms with Gasteiger partial charge in [-0.25, -0.2) is 0 Å². The average Bonchev–Trinajstić information content (AvgIpc) is 2.47. The van der Waals surface area contributed by atoms with Gasteiger partial charge in [0, 0.05) is 18.7 Å². The first-order chi connectivity index (χ1) is 9.46. The van der Waals surface area contributed by atoms with Gasteiger partial charge in [-0.1, -0.05) is 0 Å². The summed E-state index contributed by atoms with van der Waals surface area (Å²) in [5.74, 6) is -0.132. The third-order valence-corrected chi connectivity index (χ3v) is 4.01. The minimum atomic E-state index is -0.783. The normalized spacial score (nSPS) is 17.6. The van der Waals surface area contributed by atoms with E-state index in [1.165, 1.54) is 0 Å². The molecule has 1 saturated heterocycles. The Kier molecular flexibility index (Phi) is 3.97. The Morgan fingerprint density at radius 2 is 1.75 bits per heavy atom. The quantitative estimate of drug-likeness (QED) is 0.918. The Labute approximate surface area is 118 Å². The molecule has 1 heterocycles. The molecular weight excluding hydrogens is 258 g/mol. The van der Waals surface area contributed by atoms with E-state index in [4.69, 9.17) is 4.74 Å². The monoisotopic (exact) mass is 277 g/mol. The summed E-state index contributed by atoms with van der Waals surface area (Å²) in [5.41, 5.74) is -0.110. The average molecular weight is 277 g/mol. The zero-order chi connectivity index (χ0) is 14.8. The molecule has 1 fully saturated rings. The first kappa shape index (κ1) is 14.4. The molecule has 0 atom stereocenters. The molecule has 5 heteroatoms. The molecule has 0 bridgehead atoms. The molecule has 1 aromatic rings. The van der Waals surface area contributed by atoms with Crippen molar-refractivity contribution in [2.45, 2.75) is 19.8 Å². The van der Waals surface area contributed by atoms with Crippen LogP contribution in [0.4, 0.5) is 0 Å². The summed E-state index contributed by atoms with van der Waals surface area (Å²) in [6.07, 6.45) is 0.981. The van der Waals surface area contributed by atoms with Gasteiger partial charge >= 0.3 is 5.97 Å². The molecule has 0 aromatic heterocycles. The molecule has 108 valence electrons. The second-order valence-corrected chi connectivity index (χ2v) is 5.39. The van der Waals surface area contributed by atoms with Crippen LogP contribution in [0.15, 0.2) is 24.3 Å². The molecule has 0 saturated carbocycles. The minimum absolute atomic E-state index is 0.0555. The number of carboxylic acid groups (broad SMARTS) is 1. The van der Waals surface area contributed by atoms with E-state index < -0.39 is 11.4 Å². The Morgan fingerprint density at radius 3 is 2.20 bits per heavy atom. The fraction of sp³-hybridized carbons (Fsp3) is 0.467. The Balaban J connectivity index is 2.02. The van der Waals surface area contributed by atoms with Gasteiger partial charge in [0.2, 0.25) is 0 Å². The highest BCUT2D eigenvalue weighted by Gasteiger charge is 2.38. The van der Waals surface area contributed by atoms with Crippen molar-refractivity contribution < 1.29 is 19.4 Å². The Morgan fingerprint density at radius 1 is 1.20 bits per heavy atom. The van der Waals surface area contributed by atoms with E-state index in [-0.39, 0.29) is 5.91 Å². The van der Waals surface area contributed by atoms with Crippen molar-refractivity contribution in [3.8, 4) is 5.75 Å². The lowest BCUT2D eigenvalue weighted by molar-refractivity contribution is -0.150. The summed E-state index contributed by atoms with van der Waals surface area (Å²) >= 11 is 0. The van der Waals surface area contributed by atoms with E-state index in [1.807, 2.05) is 0 Å². The van der Waals surface area contributed by atoms with Crippen molar-refractivity contribution >= 4 is 11.9 Å². The maximum atomic E-state index is 12.3. The zero-order valence-corrected chi connectivity index (χ0v) is 11.8. The van der Waals surface area contributed by atoms with Crippen LogP contribution < -0.4 is 4.74 Å². The lowest BCUT2D eigenvalue weighted by atomic mass is 9.80. The lowest BCUT2D eigenvalue weighted by Gasteiger charge is -2.36. The highest BCUT2D eigenvalue weighted by atomic mass is 16.5. The van der Waals surface area contributed by atoms with Gasteiger partial charge in [0.25, 0.3) is 5.91 Å². The summed E-state index contributed by atoms with van der Waals surface area (Å²) < 4.78 is 5.06.